The molecule has 1 aromatic carbocycles. The molecule has 8 heteroatoms. The second-order valence-corrected chi connectivity index (χ2v) is 8.27. The first-order chi connectivity index (χ1) is 14.1. The van der Waals surface area contributed by atoms with Gasteiger partial charge in [0.15, 0.2) is 6.61 Å². The molecule has 3 rings (SSSR count). The van der Waals surface area contributed by atoms with Crippen LogP contribution in [0.3, 0.4) is 0 Å². The van der Waals surface area contributed by atoms with E-state index in [2.05, 4.69) is 41.2 Å². The summed E-state index contributed by atoms with van der Waals surface area (Å²) in [5.41, 5.74) is 4.51. The van der Waals surface area contributed by atoms with Crippen LogP contribution in [0, 0.1) is 13.8 Å². The standard InChI is InChI=1S/C22H27N5O3/c1-14-18(15(2)27-21(25-14)23-13-24-27)10-11-20(29)30-12-19(28)26-17-8-6-16(7-9-17)22(3,4)5/h6-9,13H,10-12H2,1-5H3,(H,26,28). The fourth-order valence-electron chi connectivity index (χ4n) is 3.21. The molecular formula is C22H27N5O3. The quantitative estimate of drug-likeness (QED) is 0.628. The van der Waals surface area contributed by atoms with Gasteiger partial charge in [0, 0.05) is 23.5 Å². The highest BCUT2D eigenvalue weighted by Crippen LogP contribution is 2.23. The lowest BCUT2D eigenvalue weighted by Gasteiger charge is -2.19. The third-order valence-corrected chi connectivity index (χ3v) is 4.97. The molecule has 0 saturated heterocycles. The summed E-state index contributed by atoms with van der Waals surface area (Å²) in [7, 11) is 0. The molecule has 2 heterocycles. The first-order valence-electron chi connectivity index (χ1n) is 9.87. The van der Waals surface area contributed by atoms with Crippen molar-refractivity contribution in [2.24, 2.45) is 0 Å². The molecule has 0 aliphatic carbocycles. The van der Waals surface area contributed by atoms with Crippen molar-refractivity contribution in [1.29, 1.82) is 0 Å². The summed E-state index contributed by atoms with van der Waals surface area (Å²) in [6, 6.07) is 7.65. The molecule has 158 valence electrons. The molecular weight excluding hydrogens is 382 g/mol. The van der Waals surface area contributed by atoms with Gasteiger partial charge in [-0.05, 0) is 48.9 Å². The lowest BCUT2D eigenvalue weighted by molar-refractivity contribution is -0.147. The van der Waals surface area contributed by atoms with Crippen molar-refractivity contribution in [3.63, 3.8) is 0 Å². The van der Waals surface area contributed by atoms with E-state index in [9.17, 15) is 9.59 Å². The Morgan fingerprint density at radius 2 is 1.83 bits per heavy atom. The maximum atomic E-state index is 12.1. The van der Waals surface area contributed by atoms with Gasteiger partial charge in [-0.1, -0.05) is 32.9 Å². The number of nitrogens with one attached hydrogen (secondary N) is 1. The smallest absolute Gasteiger partial charge is 0.306 e. The van der Waals surface area contributed by atoms with Crippen molar-refractivity contribution < 1.29 is 14.3 Å². The number of amides is 1. The monoisotopic (exact) mass is 409 g/mol. The summed E-state index contributed by atoms with van der Waals surface area (Å²) >= 11 is 0. The number of ether oxygens (including phenoxy) is 1. The second kappa shape index (κ2) is 8.61. The SMILES string of the molecule is Cc1nc2ncnn2c(C)c1CCC(=O)OCC(=O)Nc1ccc(C(C)(C)C)cc1. The Hall–Kier alpha value is -3.29. The number of rotatable bonds is 6. The van der Waals surface area contributed by atoms with Crippen molar-refractivity contribution in [1.82, 2.24) is 19.6 Å². The lowest BCUT2D eigenvalue weighted by atomic mass is 9.87. The van der Waals surface area contributed by atoms with E-state index in [1.165, 1.54) is 11.9 Å². The predicted molar refractivity (Wildman–Crippen MR) is 113 cm³/mol. The molecule has 0 atom stereocenters. The van der Waals surface area contributed by atoms with Gasteiger partial charge in [0.2, 0.25) is 0 Å². The van der Waals surface area contributed by atoms with E-state index in [4.69, 9.17) is 4.74 Å². The van der Waals surface area contributed by atoms with Gasteiger partial charge in [0.25, 0.3) is 11.7 Å². The average molecular weight is 409 g/mol. The number of hydrogen-bond donors (Lipinski definition) is 1. The Bertz CT molecular complexity index is 1060. The highest BCUT2D eigenvalue weighted by molar-refractivity contribution is 5.92. The van der Waals surface area contributed by atoms with E-state index >= 15 is 0 Å². The number of aryl methyl sites for hydroxylation is 2. The highest BCUT2D eigenvalue weighted by atomic mass is 16.5. The van der Waals surface area contributed by atoms with E-state index in [1.54, 1.807) is 4.52 Å². The maximum absolute atomic E-state index is 12.1. The molecule has 0 radical (unpaired) electrons. The van der Waals surface area contributed by atoms with E-state index in [-0.39, 0.29) is 24.3 Å². The zero-order chi connectivity index (χ0) is 21.9. The number of carbonyl (C=O) groups excluding carboxylic acids is 2. The van der Waals surface area contributed by atoms with Crippen molar-refractivity contribution in [3.8, 4) is 0 Å². The number of carbonyl (C=O) groups is 2. The number of fused-ring (bicyclic) bond motifs is 1. The molecule has 0 bridgehead atoms. The first-order valence-corrected chi connectivity index (χ1v) is 9.87. The first kappa shape index (κ1) is 21.4. The van der Waals surface area contributed by atoms with Gasteiger partial charge in [-0.25, -0.2) is 9.50 Å². The van der Waals surface area contributed by atoms with Crippen LogP contribution in [-0.2, 0) is 26.2 Å². The van der Waals surface area contributed by atoms with E-state index in [0.717, 1.165) is 17.0 Å². The number of aromatic nitrogens is 4. The largest absolute Gasteiger partial charge is 0.456 e. The van der Waals surface area contributed by atoms with Crippen LogP contribution in [0.25, 0.3) is 5.78 Å². The molecule has 0 aliphatic heterocycles. The molecule has 0 spiro atoms. The van der Waals surface area contributed by atoms with Crippen LogP contribution >= 0.6 is 0 Å². The van der Waals surface area contributed by atoms with Gasteiger partial charge in [-0.2, -0.15) is 10.1 Å². The third kappa shape index (κ3) is 5.00. The lowest BCUT2D eigenvalue weighted by Crippen LogP contribution is -2.21. The number of benzene rings is 1. The van der Waals surface area contributed by atoms with Crippen molar-refractivity contribution in [2.45, 2.75) is 52.9 Å². The zero-order valence-corrected chi connectivity index (χ0v) is 18.0. The molecule has 0 aliphatic rings. The summed E-state index contributed by atoms with van der Waals surface area (Å²) < 4.78 is 6.77. The second-order valence-electron chi connectivity index (χ2n) is 8.27. The van der Waals surface area contributed by atoms with Gasteiger partial charge in [-0.15, -0.1) is 0 Å². The van der Waals surface area contributed by atoms with E-state index < -0.39 is 5.97 Å². The summed E-state index contributed by atoms with van der Waals surface area (Å²) in [5.74, 6) is -0.279. The molecule has 0 unspecified atom stereocenters. The zero-order valence-electron chi connectivity index (χ0n) is 18.0. The van der Waals surface area contributed by atoms with E-state index in [0.29, 0.717) is 17.9 Å². The van der Waals surface area contributed by atoms with Crippen LogP contribution in [0.15, 0.2) is 30.6 Å². The summed E-state index contributed by atoms with van der Waals surface area (Å²) in [6.45, 7) is 9.85. The molecule has 8 nitrogen and oxygen atoms in total. The number of anilines is 1. The number of hydrogen-bond acceptors (Lipinski definition) is 6. The van der Waals surface area contributed by atoms with Crippen LogP contribution in [-0.4, -0.2) is 38.1 Å². The van der Waals surface area contributed by atoms with Gasteiger partial charge in [0.1, 0.15) is 6.33 Å². The fourth-order valence-corrected chi connectivity index (χ4v) is 3.21. The van der Waals surface area contributed by atoms with Crippen molar-refractivity contribution in [2.75, 3.05) is 11.9 Å². The molecule has 1 N–H and O–H groups in total. The van der Waals surface area contributed by atoms with Crippen LogP contribution in [0.1, 0.15) is 49.7 Å². The third-order valence-electron chi connectivity index (χ3n) is 4.97. The molecule has 1 amide bonds. The topological polar surface area (TPSA) is 98.5 Å². The molecule has 0 fully saturated rings. The summed E-state index contributed by atoms with van der Waals surface area (Å²) in [4.78, 5) is 32.7. The van der Waals surface area contributed by atoms with Crippen LogP contribution in [0.2, 0.25) is 0 Å². The molecule has 3 aromatic rings. The van der Waals surface area contributed by atoms with Crippen molar-refractivity contribution in [3.05, 3.63) is 53.1 Å². The minimum absolute atomic E-state index is 0.0444. The number of esters is 1. The van der Waals surface area contributed by atoms with E-state index in [1.807, 2.05) is 38.1 Å². The summed E-state index contributed by atoms with van der Waals surface area (Å²) in [5, 5.41) is 6.88. The molecule has 30 heavy (non-hydrogen) atoms. The fraction of sp³-hybridized carbons (Fsp3) is 0.409. The Kier molecular flexibility index (Phi) is 6.14. The van der Waals surface area contributed by atoms with Gasteiger partial charge < -0.3 is 10.1 Å². The Labute approximate surface area is 175 Å². The maximum Gasteiger partial charge on any atom is 0.306 e. The van der Waals surface area contributed by atoms with Crippen LogP contribution in [0.5, 0.6) is 0 Å². The number of nitrogens with zero attached hydrogens (tertiary/aromatic N) is 4. The minimum atomic E-state index is -0.439. The predicted octanol–water partition coefficient (Wildman–Crippen LogP) is 3.15. The Balaban J connectivity index is 1.49. The Morgan fingerprint density at radius 3 is 2.50 bits per heavy atom. The highest BCUT2D eigenvalue weighted by Gasteiger charge is 2.15. The van der Waals surface area contributed by atoms with Crippen LogP contribution in [0.4, 0.5) is 5.69 Å². The van der Waals surface area contributed by atoms with Gasteiger partial charge in [-0.3, -0.25) is 9.59 Å². The average Bonchev–Trinajstić information content (AvgIpc) is 3.14. The minimum Gasteiger partial charge on any atom is -0.456 e. The molecule has 0 saturated carbocycles. The normalized spacial score (nSPS) is 11.5. The van der Waals surface area contributed by atoms with Crippen LogP contribution < -0.4 is 5.32 Å². The Morgan fingerprint density at radius 1 is 1.13 bits per heavy atom. The summed E-state index contributed by atoms with van der Waals surface area (Å²) in [6.07, 6.45) is 2.05. The van der Waals surface area contributed by atoms with Gasteiger partial charge >= 0.3 is 5.97 Å². The molecule has 2 aromatic heterocycles. The van der Waals surface area contributed by atoms with Crippen molar-refractivity contribution >= 4 is 23.3 Å². The van der Waals surface area contributed by atoms with Gasteiger partial charge in [0.05, 0.1) is 0 Å².